The van der Waals surface area contributed by atoms with Crippen molar-refractivity contribution in [1.82, 2.24) is 9.78 Å². The Kier molecular flexibility index (Phi) is 5.49. The van der Waals surface area contributed by atoms with Crippen LogP contribution in [0.1, 0.15) is 21.6 Å². The molecule has 0 atom stereocenters. The number of aromatic nitrogens is 2. The van der Waals surface area contributed by atoms with Crippen LogP contribution in [0, 0.1) is 13.8 Å². The number of nitrogens with one attached hydrogen (secondary N) is 1. The fourth-order valence-electron chi connectivity index (χ4n) is 2.48. The Morgan fingerprint density at radius 2 is 1.81 bits per heavy atom. The first kappa shape index (κ1) is 18.3. The quantitative estimate of drug-likeness (QED) is 0.660. The first-order chi connectivity index (χ1) is 12.5. The van der Waals surface area contributed by atoms with E-state index in [1.807, 2.05) is 32.0 Å². The molecule has 3 aromatic rings. The van der Waals surface area contributed by atoms with Gasteiger partial charge in [0.25, 0.3) is 5.91 Å². The lowest BCUT2D eigenvalue weighted by molar-refractivity contribution is 0.102. The van der Waals surface area contributed by atoms with Gasteiger partial charge < -0.3 is 10.1 Å². The third kappa shape index (κ3) is 4.00. The third-order valence-electron chi connectivity index (χ3n) is 3.86. The molecule has 1 N–H and O–H groups in total. The first-order valence-electron chi connectivity index (χ1n) is 7.93. The molecule has 0 aliphatic heterocycles. The number of benzene rings is 2. The fraction of sp³-hybridized carbons (Fsp3) is 0.158. The Hall–Kier alpha value is -2.50. The smallest absolute Gasteiger partial charge is 0.276 e. The minimum atomic E-state index is -0.276. The predicted molar refractivity (Wildman–Crippen MR) is 103 cm³/mol. The van der Waals surface area contributed by atoms with Crippen LogP contribution in [0.4, 0.5) is 5.69 Å². The molecule has 0 spiro atoms. The summed E-state index contributed by atoms with van der Waals surface area (Å²) in [5, 5.41) is 7.90. The molecule has 2 aromatic carbocycles. The van der Waals surface area contributed by atoms with Gasteiger partial charge in [0.1, 0.15) is 10.8 Å². The number of hydrogen-bond donors (Lipinski definition) is 1. The molecular formula is C19H17Cl2N3O2. The van der Waals surface area contributed by atoms with Crippen LogP contribution in [-0.4, -0.2) is 15.7 Å². The number of rotatable bonds is 5. The third-order valence-corrected chi connectivity index (χ3v) is 4.66. The van der Waals surface area contributed by atoms with Gasteiger partial charge in [-0.1, -0.05) is 47.5 Å². The van der Waals surface area contributed by atoms with Crippen molar-refractivity contribution in [3.63, 3.8) is 0 Å². The van der Waals surface area contributed by atoms with Gasteiger partial charge in [-0.2, -0.15) is 5.10 Å². The van der Waals surface area contributed by atoms with Crippen LogP contribution in [-0.2, 0) is 6.73 Å². The molecule has 1 amide bonds. The van der Waals surface area contributed by atoms with Gasteiger partial charge in [-0.25, -0.2) is 4.68 Å². The van der Waals surface area contributed by atoms with Gasteiger partial charge in [-0.05, 0) is 43.2 Å². The molecule has 0 unspecified atom stereocenters. The summed E-state index contributed by atoms with van der Waals surface area (Å²) in [6.07, 6.45) is 1.66. The van der Waals surface area contributed by atoms with Crippen molar-refractivity contribution in [1.29, 1.82) is 0 Å². The second kappa shape index (κ2) is 7.81. The van der Waals surface area contributed by atoms with E-state index in [9.17, 15) is 4.79 Å². The van der Waals surface area contributed by atoms with E-state index >= 15 is 0 Å². The highest BCUT2D eigenvalue weighted by atomic mass is 35.5. The van der Waals surface area contributed by atoms with Crippen molar-refractivity contribution < 1.29 is 9.53 Å². The zero-order valence-corrected chi connectivity index (χ0v) is 15.8. The topological polar surface area (TPSA) is 56.2 Å². The Morgan fingerprint density at radius 1 is 1.12 bits per heavy atom. The average Bonchev–Trinajstić information content (AvgIpc) is 3.08. The molecule has 134 valence electrons. The molecule has 3 rings (SSSR count). The number of carbonyl (C=O) groups excluding carboxylic acids is 1. The normalized spacial score (nSPS) is 10.6. The second-order valence-electron chi connectivity index (χ2n) is 5.79. The van der Waals surface area contributed by atoms with Gasteiger partial charge in [-0.3, -0.25) is 4.79 Å². The van der Waals surface area contributed by atoms with E-state index in [4.69, 9.17) is 27.9 Å². The number of halogens is 2. The highest BCUT2D eigenvalue weighted by Crippen LogP contribution is 2.31. The average molecular weight is 390 g/mol. The van der Waals surface area contributed by atoms with Crippen molar-refractivity contribution in [2.45, 2.75) is 20.6 Å². The molecule has 0 aliphatic carbocycles. The van der Waals surface area contributed by atoms with Gasteiger partial charge in [0, 0.05) is 11.9 Å². The highest BCUT2D eigenvalue weighted by molar-refractivity contribution is 6.42. The predicted octanol–water partition coefficient (Wildman–Crippen LogP) is 5.10. The summed E-state index contributed by atoms with van der Waals surface area (Å²) in [5.74, 6) is 0.179. The summed E-state index contributed by atoms with van der Waals surface area (Å²) in [5.41, 5.74) is 3.09. The van der Waals surface area contributed by atoms with Crippen molar-refractivity contribution in [2.24, 2.45) is 0 Å². The van der Waals surface area contributed by atoms with Gasteiger partial charge in [0.05, 0.1) is 5.02 Å². The maximum absolute atomic E-state index is 12.4. The monoisotopic (exact) mass is 389 g/mol. The molecule has 0 saturated heterocycles. The molecule has 0 aliphatic rings. The largest absolute Gasteiger partial charge is 0.470 e. The zero-order chi connectivity index (χ0) is 18.7. The minimum Gasteiger partial charge on any atom is -0.470 e. The van der Waals surface area contributed by atoms with E-state index in [1.165, 1.54) is 4.68 Å². The van der Waals surface area contributed by atoms with Gasteiger partial charge in [0.15, 0.2) is 12.4 Å². The molecule has 26 heavy (non-hydrogen) atoms. The lowest BCUT2D eigenvalue weighted by Gasteiger charge is -2.10. The van der Waals surface area contributed by atoms with Crippen molar-refractivity contribution in [3.8, 4) is 5.75 Å². The number of nitrogens with zero attached hydrogens (tertiary/aromatic N) is 2. The Bertz CT molecular complexity index is 933. The van der Waals surface area contributed by atoms with Crippen LogP contribution in [0.5, 0.6) is 5.75 Å². The number of ether oxygens (including phenoxy) is 1. The lowest BCUT2D eigenvalue weighted by Crippen LogP contribution is -2.15. The molecule has 0 bridgehead atoms. The number of para-hydroxylation sites is 1. The van der Waals surface area contributed by atoms with Gasteiger partial charge in [-0.15, -0.1) is 0 Å². The summed E-state index contributed by atoms with van der Waals surface area (Å²) < 4.78 is 7.12. The molecule has 1 heterocycles. The maximum Gasteiger partial charge on any atom is 0.276 e. The summed E-state index contributed by atoms with van der Waals surface area (Å²) >= 11 is 12.0. The number of carbonyl (C=O) groups is 1. The fourth-order valence-corrected chi connectivity index (χ4v) is 2.82. The zero-order valence-electron chi connectivity index (χ0n) is 14.3. The Balaban J connectivity index is 1.67. The number of amides is 1. The molecule has 0 fully saturated rings. The molecule has 0 saturated carbocycles. The van der Waals surface area contributed by atoms with E-state index in [-0.39, 0.29) is 12.6 Å². The standard InChI is InChI=1S/C19H17Cl2N3O2/c1-12-5-3-6-13(2)18(12)22-19(25)15-9-10-24(23-15)11-26-16-8-4-7-14(20)17(16)21/h3-10H,11H2,1-2H3,(H,22,25). The van der Waals surface area contributed by atoms with E-state index < -0.39 is 0 Å². The molecule has 7 heteroatoms. The molecule has 1 aromatic heterocycles. The van der Waals surface area contributed by atoms with E-state index in [2.05, 4.69) is 10.4 Å². The van der Waals surface area contributed by atoms with E-state index in [1.54, 1.807) is 30.5 Å². The van der Waals surface area contributed by atoms with E-state index in [0.717, 1.165) is 16.8 Å². The lowest BCUT2D eigenvalue weighted by atomic mass is 10.1. The van der Waals surface area contributed by atoms with Crippen molar-refractivity contribution in [2.75, 3.05) is 5.32 Å². The minimum absolute atomic E-state index is 0.108. The Labute approximate surface area is 161 Å². The number of aryl methyl sites for hydroxylation is 2. The summed E-state index contributed by atoms with van der Waals surface area (Å²) in [6.45, 7) is 4.00. The molecule has 0 radical (unpaired) electrons. The van der Waals surface area contributed by atoms with Crippen LogP contribution in [0.2, 0.25) is 10.0 Å². The summed E-state index contributed by atoms with van der Waals surface area (Å²) in [7, 11) is 0. The van der Waals surface area contributed by atoms with Gasteiger partial charge >= 0.3 is 0 Å². The van der Waals surface area contributed by atoms with E-state index in [0.29, 0.717) is 21.5 Å². The second-order valence-corrected chi connectivity index (χ2v) is 6.57. The number of hydrogen-bond acceptors (Lipinski definition) is 3. The van der Waals surface area contributed by atoms with Gasteiger partial charge in [0.2, 0.25) is 0 Å². The maximum atomic E-state index is 12.4. The highest BCUT2D eigenvalue weighted by Gasteiger charge is 2.13. The van der Waals surface area contributed by atoms with Crippen molar-refractivity contribution >= 4 is 34.8 Å². The summed E-state index contributed by atoms with van der Waals surface area (Å²) in [4.78, 5) is 12.4. The molecular weight excluding hydrogens is 373 g/mol. The SMILES string of the molecule is Cc1cccc(C)c1NC(=O)c1ccn(COc2cccc(Cl)c2Cl)n1. The van der Waals surface area contributed by atoms with Crippen LogP contribution < -0.4 is 10.1 Å². The van der Waals surface area contributed by atoms with Crippen LogP contribution in [0.25, 0.3) is 0 Å². The van der Waals surface area contributed by atoms with Crippen LogP contribution in [0.15, 0.2) is 48.7 Å². The van der Waals surface area contributed by atoms with Crippen LogP contribution >= 0.6 is 23.2 Å². The Morgan fingerprint density at radius 3 is 2.54 bits per heavy atom. The number of anilines is 1. The molecule has 5 nitrogen and oxygen atoms in total. The van der Waals surface area contributed by atoms with Crippen LogP contribution in [0.3, 0.4) is 0 Å². The van der Waals surface area contributed by atoms with Crippen molar-refractivity contribution in [3.05, 3.63) is 75.5 Å². The first-order valence-corrected chi connectivity index (χ1v) is 8.69. The summed E-state index contributed by atoms with van der Waals surface area (Å²) in [6, 6.07) is 12.6.